The Morgan fingerprint density at radius 1 is 1.39 bits per heavy atom. The average molecular weight is 247 g/mol. The number of nitrogens with zero attached hydrogens (tertiary/aromatic N) is 2. The molecule has 0 saturated carbocycles. The van der Waals surface area contributed by atoms with Gasteiger partial charge in [0.25, 0.3) is 0 Å². The van der Waals surface area contributed by atoms with Crippen molar-refractivity contribution in [3.63, 3.8) is 0 Å². The highest BCUT2D eigenvalue weighted by atomic mass is 15.2. The minimum absolute atomic E-state index is 0.654. The van der Waals surface area contributed by atoms with Gasteiger partial charge in [-0.3, -0.25) is 9.88 Å². The number of hydrogen-bond donors (Lipinski definition) is 1. The van der Waals surface area contributed by atoms with Gasteiger partial charge in [-0.2, -0.15) is 0 Å². The second kappa shape index (κ2) is 5.70. The zero-order valence-corrected chi connectivity index (χ0v) is 12.0. The first-order valence-corrected chi connectivity index (χ1v) is 6.97. The van der Waals surface area contributed by atoms with Crippen molar-refractivity contribution in [1.29, 1.82) is 0 Å². The van der Waals surface area contributed by atoms with Crippen LogP contribution in [0, 0.1) is 11.8 Å². The number of nitrogens with one attached hydrogen (secondary N) is 1. The van der Waals surface area contributed by atoms with Crippen LogP contribution in [-0.2, 0) is 6.54 Å². The monoisotopic (exact) mass is 247 g/mol. The van der Waals surface area contributed by atoms with Gasteiger partial charge in [0.2, 0.25) is 0 Å². The van der Waals surface area contributed by atoms with Gasteiger partial charge in [0.1, 0.15) is 0 Å². The molecule has 1 saturated heterocycles. The molecule has 1 N–H and O–H groups in total. The summed E-state index contributed by atoms with van der Waals surface area (Å²) in [6, 6.07) is 4.81. The molecule has 0 aliphatic carbocycles. The number of rotatable bonds is 3. The molecule has 1 aromatic rings. The molecule has 2 heterocycles. The van der Waals surface area contributed by atoms with Crippen molar-refractivity contribution in [3.8, 4) is 0 Å². The van der Waals surface area contributed by atoms with Gasteiger partial charge in [-0.15, -0.1) is 0 Å². The van der Waals surface area contributed by atoms with Gasteiger partial charge >= 0.3 is 0 Å². The summed E-state index contributed by atoms with van der Waals surface area (Å²) >= 11 is 0. The molecular weight excluding hydrogens is 222 g/mol. The third-order valence-corrected chi connectivity index (χ3v) is 4.19. The number of piperidine rings is 1. The van der Waals surface area contributed by atoms with E-state index in [-0.39, 0.29) is 0 Å². The lowest BCUT2D eigenvalue weighted by Crippen LogP contribution is -2.45. The number of aromatic nitrogens is 1. The first kappa shape index (κ1) is 13.3. The fraction of sp³-hybridized carbons (Fsp3) is 0.667. The molecule has 2 rings (SSSR count). The third kappa shape index (κ3) is 3.02. The molecule has 100 valence electrons. The molecular formula is C15H25N3. The molecule has 18 heavy (non-hydrogen) atoms. The highest BCUT2D eigenvalue weighted by Gasteiger charge is 2.28. The van der Waals surface area contributed by atoms with Crippen LogP contribution in [-0.4, -0.2) is 29.5 Å². The van der Waals surface area contributed by atoms with E-state index >= 15 is 0 Å². The van der Waals surface area contributed by atoms with Crippen LogP contribution in [0.15, 0.2) is 18.3 Å². The number of hydrogen-bond acceptors (Lipinski definition) is 3. The van der Waals surface area contributed by atoms with Gasteiger partial charge < -0.3 is 5.32 Å². The van der Waals surface area contributed by atoms with Crippen LogP contribution < -0.4 is 5.32 Å². The number of anilines is 1. The minimum Gasteiger partial charge on any atom is -0.388 e. The summed E-state index contributed by atoms with van der Waals surface area (Å²) in [4.78, 5) is 7.05. The van der Waals surface area contributed by atoms with Crippen LogP contribution >= 0.6 is 0 Å². The van der Waals surface area contributed by atoms with Gasteiger partial charge in [0.15, 0.2) is 0 Å². The first-order chi connectivity index (χ1) is 8.60. The highest BCUT2D eigenvalue weighted by molar-refractivity contribution is 5.42. The van der Waals surface area contributed by atoms with Crippen LogP contribution in [0.5, 0.6) is 0 Å². The molecule has 1 aliphatic heterocycles. The lowest BCUT2D eigenvalue weighted by atomic mass is 9.86. The maximum Gasteiger partial charge on any atom is 0.0564 e. The molecule has 3 heteroatoms. The van der Waals surface area contributed by atoms with E-state index in [4.69, 9.17) is 0 Å². The lowest BCUT2D eigenvalue weighted by molar-refractivity contribution is 0.0718. The van der Waals surface area contributed by atoms with Crippen LogP contribution in [0.3, 0.4) is 0 Å². The van der Waals surface area contributed by atoms with Crippen molar-refractivity contribution < 1.29 is 0 Å². The Balaban J connectivity index is 2.07. The van der Waals surface area contributed by atoms with E-state index in [0.29, 0.717) is 6.04 Å². The molecule has 3 atom stereocenters. The molecule has 3 nitrogen and oxygen atoms in total. The van der Waals surface area contributed by atoms with Crippen LogP contribution in [0.25, 0.3) is 0 Å². The standard InChI is InChI=1S/C15H25N3/c1-11-7-12(2)13(3)18(9-11)10-15-8-14(16-4)5-6-17-15/h5-6,8,11-13H,7,9-10H2,1-4H3,(H,16,17). The lowest BCUT2D eigenvalue weighted by Gasteiger charge is -2.41. The Morgan fingerprint density at radius 2 is 2.17 bits per heavy atom. The fourth-order valence-corrected chi connectivity index (χ4v) is 2.97. The largest absolute Gasteiger partial charge is 0.388 e. The van der Waals surface area contributed by atoms with E-state index in [0.717, 1.165) is 29.8 Å². The van der Waals surface area contributed by atoms with Gasteiger partial charge in [-0.1, -0.05) is 13.8 Å². The Hall–Kier alpha value is -1.09. The van der Waals surface area contributed by atoms with Gasteiger partial charge in [-0.25, -0.2) is 0 Å². The van der Waals surface area contributed by atoms with Crippen LogP contribution in [0.4, 0.5) is 5.69 Å². The number of pyridine rings is 1. The maximum atomic E-state index is 4.48. The van der Waals surface area contributed by atoms with E-state index in [1.54, 1.807) is 0 Å². The van der Waals surface area contributed by atoms with Crippen molar-refractivity contribution >= 4 is 5.69 Å². The minimum atomic E-state index is 0.654. The molecule has 0 bridgehead atoms. The summed E-state index contributed by atoms with van der Waals surface area (Å²) in [6.07, 6.45) is 3.24. The Morgan fingerprint density at radius 3 is 2.89 bits per heavy atom. The third-order valence-electron chi connectivity index (χ3n) is 4.19. The predicted octanol–water partition coefficient (Wildman–Crippen LogP) is 2.99. The highest BCUT2D eigenvalue weighted by Crippen LogP contribution is 2.28. The summed E-state index contributed by atoms with van der Waals surface area (Å²) in [5.74, 6) is 1.57. The predicted molar refractivity (Wildman–Crippen MR) is 76.6 cm³/mol. The second-order valence-corrected chi connectivity index (χ2v) is 5.77. The van der Waals surface area contributed by atoms with E-state index in [9.17, 15) is 0 Å². The quantitative estimate of drug-likeness (QED) is 0.890. The van der Waals surface area contributed by atoms with Crippen molar-refractivity contribution in [3.05, 3.63) is 24.0 Å². The van der Waals surface area contributed by atoms with Crippen molar-refractivity contribution in [2.75, 3.05) is 18.9 Å². The Bertz CT molecular complexity index is 391. The van der Waals surface area contributed by atoms with Crippen LogP contribution in [0.2, 0.25) is 0 Å². The molecule has 0 radical (unpaired) electrons. The zero-order chi connectivity index (χ0) is 13.1. The van der Waals surface area contributed by atoms with E-state index in [1.165, 1.54) is 13.0 Å². The van der Waals surface area contributed by atoms with Crippen molar-refractivity contribution in [2.24, 2.45) is 11.8 Å². The van der Waals surface area contributed by atoms with E-state index in [1.807, 2.05) is 19.3 Å². The van der Waals surface area contributed by atoms with E-state index in [2.05, 4.69) is 42.0 Å². The van der Waals surface area contributed by atoms with Gasteiger partial charge in [0.05, 0.1) is 5.69 Å². The second-order valence-electron chi connectivity index (χ2n) is 5.77. The Kier molecular flexibility index (Phi) is 4.23. The van der Waals surface area contributed by atoms with Crippen LogP contribution in [0.1, 0.15) is 32.9 Å². The summed E-state index contributed by atoms with van der Waals surface area (Å²) in [6.45, 7) is 9.22. The van der Waals surface area contributed by atoms with Crippen molar-refractivity contribution in [2.45, 2.75) is 39.8 Å². The summed E-state index contributed by atoms with van der Waals surface area (Å²) in [5.41, 5.74) is 2.31. The maximum absolute atomic E-state index is 4.48. The molecule has 0 spiro atoms. The Labute approximate surface area is 111 Å². The van der Waals surface area contributed by atoms with E-state index < -0.39 is 0 Å². The average Bonchev–Trinajstić information content (AvgIpc) is 2.35. The smallest absolute Gasteiger partial charge is 0.0564 e. The molecule has 0 amide bonds. The molecule has 1 aliphatic rings. The summed E-state index contributed by atoms with van der Waals surface area (Å²) in [7, 11) is 1.95. The molecule has 3 unspecified atom stereocenters. The summed E-state index contributed by atoms with van der Waals surface area (Å²) in [5, 5.41) is 3.17. The van der Waals surface area contributed by atoms with Crippen molar-refractivity contribution in [1.82, 2.24) is 9.88 Å². The molecule has 1 fully saturated rings. The summed E-state index contributed by atoms with van der Waals surface area (Å²) < 4.78 is 0. The molecule has 1 aromatic heterocycles. The first-order valence-electron chi connectivity index (χ1n) is 6.97. The van der Waals surface area contributed by atoms with Gasteiger partial charge in [0, 0.05) is 38.1 Å². The zero-order valence-electron chi connectivity index (χ0n) is 12.0. The SMILES string of the molecule is CNc1ccnc(CN2CC(C)CC(C)C2C)c1. The van der Waals surface area contributed by atoms with Gasteiger partial charge in [-0.05, 0) is 37.3 Å². The fourth-order valence-electron chi connectivity index (χ4n) is 2.97. The molecule has 0 aromatic carbocycles. The number of likely N-dealkylation sites (tertiary alicyclic amines) is 1. The topological polar surface area (TPSA) is 28.2 Å². The normalized spacial score (nSPS) is 29.2.